The van der Waals surface area contributed by atoms with Crippen LogP contribution in [0.5, 0.6) is 0 Å². The highest BCUT2D eigenvalue weighted by atomic mass is 16.3. The van der Waals surface area contributed by atoms with E-state index in [0.717, 1.165) is 27.8 Å². The van der Waals surface area contributed by atoms with Crippen LogP contribution in [0.1, 0.15) is 5.69 Å². The SMILES string of the molecule is [C-]#[N+]c1cc(-c2ccc(C)nc2)c2occc2c1. The highest BCUT2D eigenvalue weighted by Gasteiger charge is 2.09. The van der Waals surface area contributed by atoms with Crippen LogP contribution in [0.2, 0.25) is 0 Å². The molecule has 0 radical (unpaired) electrons. The molecule has 2 aromatic heterocycles. The zero-order valence-electron chi connectivity index (χ0n) is 9.84. The molecule has 0 saturated heterocycles. The highest BCUT2D eigenvalue weighted by molar-refractivity contribution is 5.95. The second-order valence-electron chi connectivity index (χ2n) is 4.13. The lowest BCUT2D eigenvalue weighted by Crippen LogP contribution is -1.83. The molecule has 0 spiro atoms. The standard InChI is InChI=1S/C15H10N2O/c1-10-3-4-12(9-17-10)14-8-13(16-2)7-11-5-6-18-15(11)14/h3-9H,1H3. The summed E-state index contributed by atoms with van der Waals surface area (Å²) in [4.78, 5) is 7.77. The zero-order chi connectivity index (χ0) is 12.5. The van der Waals surface area contributed by atoms with Gasteiger partial charge in [-0.25, -0.2) is 4.85 Å². The van der Waals surface area contributed by atoms with E-state index in [2.05, 4.69) is 9.83 Å². The molecule has 3 nitrogen and oxygen atoms in total. The molecule has 0 atom stereocenters. The van der Waals surface area contributed by atoms with Crippen molar-refractivity contribution >= 4 is 16.7 Å². The second kappa shape index (κ2) is 4.01. The van der Waals surface area contributed by atoms with Crippen LogP contribution >= 0.6 is 0 Å². The summed E-state index contributed by atoms with van der Waals surface area (Å²) in [6.07, 6.45) is 3.45. The molecule has 0 saturated carbocycles. The number of hydrogen-bond acceptors (Lipinski definition) is 2. The van der Waals surface area contributed by atoms with E-state index in [1.807, 2.05) is 37.3 Å². The van der Waals surface area contributed by atoms with Crippen molar-refractivity contribution in [2.45, 2.75) is 6.92 Å². The molecule has 3 heteroatoms. The Balaban J connectivity index is 2.30. The molecule has 0 fully saturated rings. The lowest BCUT2D eigenvalue weighted by molar-refractivity contribution is 0.617. The van der Waals surface area contributed by atoms with E-state index in [0.29, 0.717) is 5.69 Å². The maximum absolute atomic E-state index is 7.14. The molecule has 86 valence electrons. The van der Waals surface area contributed by atoms with Crippen molar-refractivity contribution in [3.05, 3.63) is 59.9 Å². The molecule has 0 unspecified atom stereocenters. The number of furan rings is 1. The Kier molecular flexibility index (Phi) is 2.35. The Hall–Kier alpha value is -2.60. The minimum absolute atomic E-state index is 0.611. The predicted octanol–water partition coefficient (Wildman–Crippen LogP) is 4.35. The molecule has 0 aliphatic rings. The van der Waals surface area contributed by atoms with Gasteiger partial charge in [-0.3, -0.25) is 4.98 Å². The van der Waals surface area contributed by atoms with Crippen LogP contribution < -0.4 is 0 Å². The fraction of sp³-hybridized carbons (Fsp3) is 0.0667. The number of pyridine rings is 1. The molecule has 0 aliphatic heterocycles. The van der Waals surface area contributed by atoms with Gasteiger partial charge in [0.2, 0.25) is 0 Å². The zero-order valence-corrected chi connectivity index (χ0v) is 9.84. The maximum atomic E-state index is 7.14. The van der Waals surface area contributed by atoms with Gasteiger partial charge in [0.15, 0.2) is 5.69 Å². The van der Waals surface area contributed by atoms with E-state index in [4.69, 9.17) is 11.0 Å². The van der Waals surface area contributed by atoms with Gasteiger partial charge in [-0.05, 0) is 31.2 Å². The number of rotatable bonds is 1. The fourth-order valence-corrected chi connectivity index (χ4v) is 1.97. The molecule has 0 N–H and O–H groups in total. The van der Waals surface area contributed by atoms with Crippen LogP contribution in [0.25, 0.3) is 26.9 Å². The Morgan fingerprint density at radius 1 is 1.22 bits per heavy atom. The summed E-state index contributed by atoms with van der Waals surface area (Å²) >= 11 is 0. The first-order valence-corrected chi connectivity index (χ1v) is 5.59. The number of fused-ring (bicyclic) bond motifs is 1. The summed E-state index contributed by atoms with van der Waals surface area (Å²) in [7, 11) is 0. The van der Waals surface area contributed by atoms with E-state index >= 15 is 0 Å². The quantitative estimate of drug-likeness (QED) is 0.586. The van der Waals surface area contributed by atoms with Gasteiger partial charge >= 0.3 is 0 Å². The summed E-state index contributed by atoms with van der Waals surface area (Å²) in [5.41, 5.74) is 4.25. The number of hydrogen-bond donors (Lipinski definition) is 0. The predicted molar refractivity (Wildman–Crippen MR) is 70.4 cm³/mol. The average Bonchev–Trinajstić information content (AvgIpc) is 2.86. The van der Waals surface area contributed by atoms with E-state index < -0.39 is 0 Å². The molecule has 0 amide bonds. The third-order valence-corrected chi connectivity index (χ3v) is 2.89. The van der Waals surface area contributed by atoms with Gasteiger partial charge in [0.25, 0.3) is 0 Å². The largest absolute Gasteiger partial charge is 0.464 e. The molecule has 3 aromatic rings. The normalized spacial score (nSPS) is 10.4. The molecule has 18 heavy (non-hydrogen) atoms. The first-order chi connectivity index (χ1) is 8.78. The Bertz CT molecular complexity index is 748. The number of aryl methyl sites for hydroxylation is 1. The first-order valence-electron chi connectivity index (χ1n) is 5.59. The lowest BCUT2D eigenvalue weighted by atomic mass is 10.0. The third-order valence-electron chi connectivity index (χ3n) is 2.89. The maximum Gasteiger partial charge on any atom is 0.188 e. The monoisotopic (exact) mass is 234 g/mol. The molecule has 1 aromatic carbocycles. The van der Waals surface area contributed by atoms with Crippen molar-refractivity contribution < 1.29 is 4.42 Å². The Morgan fingerprint density at radius 3 is 2.83 bits per heavy atom. The number of benzene rings is 1. The van der Waals surface area contributed by atoms with Gasteiger partial charge in [0.05, 0.1) is 12.8 Å². The molecular formula is C15H10N2O. The lowest BCUT2D eigenvalue weighted by Gasteiger charge is -2.04. The van der Waals surface area contributed by atoms with Crippen LogP contribution in [-0.2, 0) is 0 Å². The number of aromatic nitrogens is 1. The minimum atomic E-state index is 0.611. The van der Waals surface area contributed by atoms with Gasteiger partial charge in [0, 0.05) is 28.4 Å². The fourth-order valence-electron chi connectivity index (χ4n) is 1.97. The van der Waals surface area contributed by atoms with Crippen LogP contribution in [0.15, 0.2) is 47.2 Å². The Morgan fingerprint density at radius 2 is 2.11 bits per heavy atom. The second-order valence-corrected chi connectivity index (χ2v) is 4.13. The van der Waals surface area contributed by atoms with Crippen LogP contribution in [0.4, 0.5) is 5.69 Å². The highest BCUT2D eigenvalue weighted by Crippen LogP contribution is 2.33. The molecule has 3 rings (SSSR count). The molecular weight excluding hydrogens is 224 g/mol. The summed E-state index contributed by atoms with van der Waals surface area (Å²) in [6.45, 7) is 9.09. The topological polar surface area (TPSA) is 30.4 Å². The third kappa shape index (κ3) is 1.64. The summed E-state index contributed by atoms with van der Waals surface area (Å²) < 4.78 is 5.50. The van der Waals surface area contributed by atoms with Crippen molar-refractivity contribution in [2.75, 3.05) is 0 Å². The van der Waals surface area contributed by atoms with Crippen LogP contribution in [0.3, 0.4) is 0 Å². The molecule has 0 bridgehead atoms. The van der Waals surface area contributed by atoms with Crippen molar-refractivity contribution in [1.82, 2.24) is 4.98 Å². The average molecular weight is 234 g/mol. The van der Waals surface area contributed by atoms with E-state index in [9.17, 15) is 0 Å². The minimum Gasteiger partial charge on any atom is -0.464 e. The van der Waals surface area contributed by atoms with E-state index in [-0.39, 0.29) is 0 Å². The van der Waals surface area contributed by atoms with Crippen molar-refractivity contribution in [2.24, 2.45) is 0 Å². The summed E-state index contributed by atoms with van der Waals surface area (Å²) in [5.74, 6) is 0. The van der Waals surface area contributed by atoms with Crippen molar-refractivity contribution in [3.63, 3.8) is 0 Å². The van der Waals surface area contributed by atoms with Gasteiger partial charge in [-0.1, -0.05) is 6.07 Å². The van der Waals surface area contributed by atoms with Crippen LogP contribution in [-0.4, -0.2) is 4.98 Å². The summed E-state index contributed by atoms with van der Waals surface area (Å²) in [6, 6.07) is 9.49. The molecule has 0 aliphatic carbocycles. The van der Waals surface area contributed by atoms with Gasteiger partial charge in [-0.2, -0.15) is 0 Å². The first kappa shape index (κ1) is 10.5. The van der Waals surface area contributed by atoms with Crippen LogP contribution in [0, 0.1) is 13.5 Å². The van der Waals surface area contributed by atoms with E-state index in [1.54, 1.807) is 12.5 Å². The van der Waals surface area contributed by atoms with Gasteiger partial charge < -0.3 is 4.42 Å². The van der Waals surface area contributed by atoms with Crippen molar-refractivity contribution in [3.8, 4) is 11.1 Å². The smallest absolute Gasteiger partial charge is 0.188 e. The Labute approximate surface area is 105 Å². The van der Waals surface area contributed by atoms with E-state index in [1.165, 1.54) is 0 Å². The van der Waals surface area contributed by atoms with Gasteiger partial charge in [0.1, 0.15) is 5.58 Å². The molecule has 2 heterocycles. The number of nitrogens with zero attached hydrogens (tertiary/aromatic N) is 2. The van der Waals surface area contributed by atoms with Crippen molar-refractivity contribution in [1.29, 1.82) is 0 Å². The summed E-state index contributed by atoms with van der Waals surface area (Å²) in [5, 5.41) is 0.944. The van der Waals surface area contributed by atoms with Gasteiger partial charge in [-0.15, -0.1) is 0 Å².